The molecule has 130 valence electrons. The molecule has 9 heteroatoms. The molecule has 0 saturated heterocycles. The maximum atomic E-state index is 12.8. The Labute approximate surface area is 140 Å². The third-order valence-corrected chi connectivity index (χ3v) is 5.39. The number of aliphatic carboxylic acids is 1. The lowest BCUT2D eigenvalue weighted by molar-refractivity contribution is -0.140. The Hall–Kier alpha value is -2.44. The fourth-order valence-electron chi connectivity index (χ4n) is 2.04. The number of carbonyl (C=O) groups excluding carboxylic acids is 1. The number of rotatable bonds is 7. The molecule has 0 aliphatic rings. The van der Waals surface area contributed by atoms with Gasteiger partial charge >= 0.3 is 5.97 Å². The number of carboxylic acids is 1. The van der Waals surface area contributed by atoms with E-state index in [1.807, 2.05) is 6.07 Å². The van der Waals surface area contributed by atoms with Gasteiger partial charge in [0.2, 0.25) is 15.9 Å². The van der Waals surface area contributed by atoms with Gasteiger partial charge in [-0.3, -0.25) is 9.59 Å². The highest BCUT2D eigenvalue weighted by atomic mass is 32.2. The zero-order chi connectivity index (χ0) is 18.5. The fourth-order valence-corrected chi connectivity index (χ4v) is 3.72. The summed E-state index contributed by atoms with van der Waals surface area (Å²) in [6, 6.07) is 4.60. The van der Waals surface area contributed by atoms with Gasteiger partial charge in [0.25, 0.3) is 0 Å². The minimum absolute atomic E-state index is 0.0125. The monoisotopic (exact) mass is 353 g/mol. The van der Waals surface area contributed by atoms with Crippen molar-refractivity contribution in [3.8, 4) is 6.07 Å². The number of nitrogens with zero attached hydrogens (tertiary/aromatic N) is 2. The Balaban J connectivity index is 3.23. The van der Waals surface area contributed by atoms with E-state index in [9.17, 15) is 23.1 Å². The molecule has 0 saturated carbocycles. The van der Waals surface area contributed by atoms with E-state index in [0.29, 0.717) is 11.1 Å². The first-order valence-corrected chi connectivity index (χ1v) is 8.55. The van der Waals surface area contributed by atoms with Gasteiger partial charge in [0.1, 0.15) is 6.04 Å². The molecular weight excluding hydrogens is 334 g/mol. The van der Waals surface area contributed by atoms with E-state index in [1.54, 1.807) is 6.92 Å². The predicted octanol–water partition coefficient (Wildman–Crippen LogP) is 0.467. The molecule has 2 N–H and O–H groups in total. The quantitative estimate of drug-likeness (QED) is 0.733. The van der Waals surface area contributed by atoms with Gasteiger partial charge in [-0.2, -0.15) is 9.57 Å². The van der Waals surface area contributed by atoms with Gasteiger partial charge in [-0.05, 0) is 37.6 Å². The first-order chi connectivity index (χ1) is 11.1. The number of hydrogen-bond donors (Lipinski definition) is 2. The molecule has 1 rings (SSSR count). The number of hydrogen-bond acceptors (Lipinski definition) is 5. The van der Waals surface area contributed by atoms with Crippen LogP contribution in [0.3, 0.4) is 0 Å². The van der Waals surface area contributed by atoms with E-state index >= 15 is 0 Å². The molecule has 0 aliphatic carbocycles. The van der Waals surface area contributed by atoms with Crippen molar-refractivity contribution in [2.45, 2.75) is 31.7 Å². The second-order valence-electron chi connectivity index (χ2n) is 5.20. The number of amides is 1. The predicted molar refractivity (Wildman–Crippen MR) is 85.6 cm³/mol. The zero-order valence-corrected chi connectivity index (χ0v) is 14.4. The number of nitrogens with one attached hydrogen (secondary N) is 1. The number of carboxylic acid groups (broad SMARTS) is 1. The molecule has 0 aliphatic heterocycles. The number of nitriles is 1. The number of benzene rings is 1. The third kappa shape index (κ3) is 4.53. The van der Waals surface area contributed by atoms with Crippen LogP contribution in [0.1, 0.15) is 25.0 Å². The Kier molecular flexibility index (Phi) is 6.45. The summed E-state index contributed by atoms with van der Waals surface area (Å²) in [5.41, 5.74) is 0.813. The molecule has 0 heterocycles. The second kappa shape index (κ2) is 7.90. The van der Waals surface area contributed by atoms with Crippen molar-refractivity contribution in [3.63, 3.8) is 0 Å². The standard InChI is InChI=1S/C15H19N3O5S/c1-10-8-14(5-4-13(10)9-16)24(22,23)18(11(2)15(20)21)7-6-17-12(3)19/h4-5,8,11H,6-7H2,1-3H3,(H,17,19)(H,20,21). The second-order valence-corrected chi connectivity index (χ2v) is 7.09. The summed E-state index contributed by atoms with van der Waals surface area (Å²) in [7, 11) is -4.10. The molecule has 0 bridgehead atoms. The average Bonchev–Trinajstić information content (AvgIpc) is 2.50. The normalized spacial score (nSPS) is 12.5. The molecule has 1 atom stereocenters. The minimum atomic E-state index is -4.10. The first-order valence-electron chi connectivity index (χ1n) is 7.11. The van der Waals surface area contributed by atoms with Gasteiger partial charge in [-0.25, -0.2) is 8.42 Å². The van der Waals surface area contributed by atoms with Gasteiger partial charge in [0, 0.05) is 20.0 Å². The number of carbonyl (C=O) groups is 2. The van der Waals surface area contributed by atoms with Crippen LogP contribution in [0.15, 0.2) is 23.1 Å². The summed E-state index contributed by atoms with van der Waals surface area (Å²) in [5.74, 6) is -1.64. The van der Waals surface area contributed by atoms with Crippen molar-refractivity contribution in [1.29, 1.82) is 5.26 Å². The summed E-state index contributed by atoms with van der Waals surface area (Å²) in [6.07, 6.45) is 0. The number of aryl methyl sites for hydroxylation is 1. The minimum Gasteiger partial charge on any atom is -0.480 e. The summed E-state index contributed by atoms with van der Waals surface area (Å²) in [5, 5.41) is 20.5. The van der Waals surface area contributed by atoms with Crippen molar-refractivity contribution in [2.24, 2.45) is 0 Å². The molecule has 8 nitrogen and oxygen atoms in total. The molecule has 1 unspecified atom stereocenters. The average molecular weight is 353 g/mol. The first kappa shape index (κ1) is 19.6. The van der Waals surface area contributed by atoms with Crippen molar-refractivity contribution >= 4 is 21.9 Å². The highest BCUT2D eigenvalue weighted by molar-refractivity contribution is 7.89. The molecular formula is C15H19N3O5S. The summed E-state index contributed by atoms with van der Waals surface area (Å²) in [4.78, 5) is 22.1. The highest BCUT2D eigenvalue weighted by Crippen LogP contribution is 2.21. The Morgan fingerprint density at radius 2 is 2.04 bits per heavy atom. The molecule has 24 heavy (non-hydrogen) atoms. The largest absolute Gasteiger partial charge is 0.480 e. The Bertz CT molecular complexity index is 783. The maximum absolute atomic E-state index is 12.8. The van der Waals surface area contributed by atoms with Gasteiger partial charge in [0.15, 0.2) is 0 Å². The van der Waals surface area contributed by atoms with Gasteiger partial charge in [0.05, 0.1) is 16.5 Å². The molecule has 1 aromatic rings. The van der Waals surface area contributed by atoms with E-state index in [-0.39, 0.29) is 23.9 Å². The molecule has 0 spiro atoms. The van der Waals surface area contributed by atoms with E-state index in [2.05, 4.69) is 5.32 Å². The third-order valence-electron chi connectivity index (χ3n) is 3.42. The van der Waals surface area contributed by atoms with Crippen molar-refractivity contribution in [3.05, 3.63) is 29.3 Å². The van der Waals surface area contributed by atoms with Crippen LogP contribution in [0.2, 0.25) is 0 Å². The number of sulfonamides is 1. The van der Waals surface area contributed by atoms with E-state index in [1.165, 1.54) is 32.0 Å². The molecule has 0 aromatic heterocycles. The SMILES string of the molecule is CC(=O)NCCN(C(C)C(=O)O)S(=O)(=O)c1ccc(C#N)c(C)c1. The van der Waals surface area contributed by atoms with Crippen LogP contribution in [-0.2, 0) is 19.6 Å². The maximum Gasteiger partial charge on any atom is 0.321 e. The van der Waals surface area contributed by atoms with Crippen molar-refractivity contribution in [1.82, 2.24) is 9.62 Å². The van der Waals surface area contributed by atoms with Crippen LogP contribution in [0.25, 0.3) is 0 Å². The molecule has 0 radical (unpaired) electrons. The lowest BCUT2D eigenvalue weighted by Crippen LogP contribution is -2.46. The van der Waals surface area contributed by atoms with Gasteiger partial charge in [-0.15, -0.1) is 0 Å². The molecule has 1 amide bonds. The summed E-state index contributed by atoms with van der Waals surface area (Å²) in [6.45, 7) is 3.93. The summed E-state index contributed by atoms with van der Waals surface area (Å²) < 4.78 is 26.4. The van der Waals surface area contributed by atoms with E-state index in [0.717, 1.165) is 4.31 Å². The fraction of sp³-hybridized carbons (Fsp3) is 0.400. The highest BCUT2D eigenvalue weighted by Gasteiger charge is 2.32. The Morgan fingerprint density at radius 3 is 2.50 bits per heavy atom. The Morgan fingerprint density at radius 1 is 1.42 bits per heavy atom. The van der Waals surface area contributed by atoms with Crippen LogP contribution in [0.5, 0.6) is 0 Å². The van der Waals surface area contributed by atoms with Gasteiger partial charge < -0.3 is 10.4 Å². The lowest BCUT2D eigenvalue weighted by atomic mass is 10.1. The zero-order valence-electron chi connectivity index (χ0n) is 13.6. The van der Waals surface area contributed by atoms with Crippen molar-refractivity contribution in [2.75, 3.05) is 13.1 Å². The van der Waals surface area contributed by atoms with Crippen molar-refractivity contribution < 1.29 is 23.1 Å². The van der Waals surface area contributed by atoms with Crippen LogP contribution in [-0.4, -0.2) is 48.8 Å². The van der Waals surface area contributed by atoms with Crippen LogP contribution in [0.4, 0.5) is 0 Å². The van der Waals surface area contributed by atoms with Crippen LogP contribution < -0.4 is 5.32 Å². The lowest BCUT2D eigenvalue weighted by Gasteiger charge is -2.26. The molecule has 0 fully saturated rings. The summed E-state index contributed by atoms with van der Waals surface area (Å²) >= 11 is 0. The topological polar surface area (TPSA) is 128 Å². The van der Waals surface area contributed by atoms with E-state index < -0.39 is 22.0 Å². The van der Waals surface area contributed by atoms with Crippen LogP contribution >= 0.6 is 0 Å². The van der Waals surface area contributed by atoms with Crippen LogP contribution in [0, 0.1) is 18.3 Å². The smallest absolute Gasteiger partial charge is 0.321 e. The van der Waals surface area contributed by atoms with Gasteiger partial charge in [-0.1, -0.05) is 0 Å². The van der Waals surface area contributed by atoms with E-state index in [4.69, 9.17) is 5.26 Å². The molecule has 1 aromatic carbocycles.